The van der Waals surface area contributed by atoms with E-state index in [0.29, 0.717) is 40.2 Å². The molecule has 0 saturated carbocycles. The predicted molar refractivity (Wildman–Crippen MR) is 114 cm³/mol. The van der Waals surface area contributed by atoms with Crippen LogP contribution < -0.4 is 4.90 Å². The van der Waals surface area contributed by atoms with Gasteiger partial charge in [-0.2, -0.15) is 0 Å². The number of alkyl halides is 1. The van der Waals surface area contributed by atoms with E-state index in [1.807, 2.05) is 20.8 Å². The van der Waals surface area contributed by atoms with Crippen molar-refractivity contribution in [3.05, 3.63) is 30.0 Å². The van der Waals surface area contributed by atoms with Crippen molar-refractivity contribution in [2.45, 2.75) is 40.7 Å². The maximum absolute atomic E-state index is 13.3. The van der Waals surface area contributed by atoms with E-state index in [1.165, 1.54) is 22.3 Å². The van der Waals surface area contributed by atoms with Gasteiger partial charge in [0.15, 0.2) is 0 Å². The van der Waals surface area contributed by atoms with E-state index in [0.717, 1.165) is 6.20 Å². The Morgan fingerprint density at radius 1 is 1.38 bits per heavy atom. The highest BCUT2D eigenvalue weighted by Gasteiger charge is 2.24. The quantitative estimate of drug-likeness (QED) is 0.362. The minimum atomic E-state index is -0.570. The number of thiazole rings is 1. The molecule has 10 heteroatoms. The van der Waals surface area contributed by atoms with Crippen LogP contribution in [-0.4, -0.2) is 47.7 Å². The molecule has 0 bridgehead atoms. The smallest absolute Gasteiger partial charge is 0.415 e. The lowest BCUT2D eigenvalue weighted by Crippen LogP contribution is -2.34. The van der Waals surface area contributed by atoms with E-state index >= 15 is 0 Å². The number of hydrogen-bond donors (Lipinski definition) is 0. The van der Waals surface area contributed by atoms with Crippen LogP contribution in [0, 0.1) is 12.7 Å². The molecular formula is C19H27ClFN3O4S. The SMILES string of the molecule is C.Cc1nc(-c2cncc(F)c2)sc1N(C)C(=O)OC(C)(C)C.O=COCCCl. The average Bonchev–Trinajstić information content (AvgIpc) is 3.00. The van der Waals surface area contributed by atoms with Crippen molar-refractivity contribution >= 4 is 40.5 Å². The number of pyridine rings is 1. The van der Waals surface area contributed by atoms with Gasteiger partial charge in [0.1, 0.15) is 28.0 Å². The van der Waals surface area contributed by atoms with Crippen molar-refractivity contribution in [1.82, 2.24) is 9.97 Å². The van der Waals surface area contributed by atoms with Crippen LogP contribution in [0.15, 0.2) is 18.5 Å². The van der Waals surface area contributed by atoms with Crippen LogP contribution in [0.1, 0.15) is 33.9 Å². The van der Waals surface area contributed by atoms with Crippen LogP contribution in [0.25, 0.3) is 10.6 Å². The van der Waals surface area contributed by atoms with Gasteiger partial charge in [-0.1, -0.05) is 18.8 Å². The van der Waals surface area contributed by atoms with Crippen molar-refractivity contribution in [2.24, 2.45) is 0 Å². The van der Waals surface area contributed by atoms with Crippen molar-refractivity contribution in [3.8, 4) is 10.6 Å². The number of halogens is 2. The molecule has 29 heavy (non-hydrogen) atoms. The van der Waals surface area contributed by atoms with Gasteiger partial charge in [-0.05, 0) is 33.8 Å². The van der Waals surface area contributed by atoms with Gasteiger partial charge in [0.2, 0.25) is 0 Å². The number of hydrogen-bond acceptors (Lipinski definition) is 7. The summed E-state index contributed by atoms with van der Waals surface area (Å²) in [7, 11) is 1.63. The molecule has 2 heterocycles. The molecule has 1 amide bonds. The van der Waals surface area contributed by atoms with Crippen molar-refractivity contribution in [1.29, 1.82) is 0 Å². The van der Waals surface area contributed by atoms with Gasteiger partial charge < -0.3 is 9.47 Å². The molecule has 0 unspecified atom stereocenters. The maximum Gasteiger partial charge on any atom is 0.415 e. The minimum absolute atomic E-state index is 0. The Morgan fingerprint density at radius 3 is 2.52 bits per heavy atom. The molecule has 0 aliphatic carbocycles. The largest absolute Gasteiger partial charge is 0.467 e. The second kappa shape index (κ2) is 12.3. The van der Waals surface area contributed by atoms with E-state index < -0.39 is 17.5 Å². The van der Waals surface area contributed by atoms with Crippen LogP contribution >= 0.6 is 22.9 Å². The van der Waals surface area contributed by atoms with Crippen molar-refractivity contribution in [2.75, 3.05) is 24.4 Å². The highest BCUT2D eigenvalue weighted by molar-refractivity contribution is 7.19. The molecule has 0 saturated heterocycles. The van der Waals surface area contributed by atoms with Crippen LogP contribution in [0.2, 0.25) is 0 Å². The summed E-state index contributed by atoms with van der Waals surface area (Å²) in [6.45, 7) is 7.91. The first-order valence-corrected chi connectivity index (χ1v) is 9.60. The summed E-state index contributed by atoms with van der Waals surface area (Å²) in [5.41, 5.74) is 0.689. The Morgan fingerprint density at radius 2 is 2.03 bits per heavy atom. The monoisotopic (exact) mass is 447 g/mol. The number of anilines is 1. The molecule has 162 valence electrons. The van der Waals surface area contributed by atoms with Crippen LogP contribution in [-0.2, 0) is 14.3 Å². The molecule has 0 N–H and O–H groups in total. The third-order valence-corrected chi connectivity index (χ3v) is 4.40. The molecule has 7 nitrogen and oxygen atoms in total. The van der Waals surface area contributed by atoms with E-state index in [-0.39, 0.29) is 7.43 Å². The van der Waals surface area contributed by atoms with Crippen LogP contribution in [0.4, 0.5) is 14.2 Å². The fourth-order valence-corrected chi connectivity index (χ4v) is 2.95. The number of aryl methyl sites for hydroxylation is 1. The minimum Gasteiger partial charge on any atom is -0.467 e. The lowest BCUT2D eigenvalue weighted by Gasteiger charge is -2.23. The molecule has 2 rings (SSSR count). The Kier molecular flexibility index (Phi) is 11.4. The first-order chi connectivity index (χ1) is 13.1. The van der Waals surface area contributed by atoms with Gasteiger partial charge in [-0.15, -0.1) is 11.6 Å². The lowest BCUT2D eigenvalue weighted by molar-refractivity contribution is -0.128. The number of aromatic nitrogens is 2. The highest BCUT2D eigenvalue weighted by Crippen LogP contribution is 2.34. The van der Waals surface area contributed by atoms with E-state index in [9.17, 15) is 14.0 Å². The normalized spacial score (nSPS) is 10.2. The Hall–Kier alpha value is -2.26. The number of carbonyl (C=O) groups excluding carboxylic acids is 2. The average molecular weight is 448 g/mol. The molecule has 0 aliphatic rings. The summed E-state index contributed by atoms with van der Waals surface area (Å²) in [5.74, 6) is -0.0500. The number of amides is 1. The van der Waals surface area contributed by atoms with E-state index in [1.54, 1.807) is 20.2 Å². The summed E-state index contributed by atoms with van der Waals surface area (Å²) in [6, 6.07) is 1.36. The Bertz CT molecular complexity index is 796. The summed E-state index contributed by atoms with van der Waals surface area (Å²) in [6.07, 6.45) is 2.22. The molecule has 0 radical (unpaired) electrons. The molecule has 0 aromatic carbocycles. The summed E-state index contributed by atoms with van der Waals surface area (Å²) >= 11 is 6.39. The molecule has 2 aromatic heterocycles. The maximum atomic E-state index is 13.3. The Labute approximate surface area is 179 Å². The highest BCUT2D eigenvalue weighted by atomic mass is 35.5. The van der Waals surface area contributed by atoms with Gasteiger partial charge >= 0.3 is 6.09 Å². The second-order valence-corrected chi connectivity index (χ2v) is 7.85. The van der Waals surface area contributed by atoms with E-state index in [4.69, 9.17) is 16.3 Å². The molecule has 0 fully saturated rings. The number of carbonyl (C=O) groups is 2. The zero-order valence-corrected chi connectivity index (χ0v) is 17.9. The third-order valence-electron chi connectivity index (χ3n) is 2.96. The van der Waals surface area contributed by atoms with Crippen LogP contribution in [0.5, 0.6) is 0 Å². The van der Waals surface area contributed by atoms with Gasteiger partial charge in [0.05, 0.1) is 17.8 Å². The van der Waals surface area contributed by atoms with Gasteiger partial charge in [0.25, 0.3) is 6.47 Å². The van der Waals surface area contributed by atoms with Crippen molar-refractivity contribution in [3.63, 3.8) is 0 Å². The molecule has 0 spiro atoms. The van der Waals surface area contributed by atoms with E-state index in [2.05, 4.69) is 14.7 Å². The number of nitrogens with zero attached hydrogens (tertiary/aromatic N) is 3. The van der Waals surface area contributed by atoms with Gasteiger partial charge in [-0.3, -0.25) is 14.7 Å². The zero-order valence-electron chi connectivity index (χ0n) is 16.4. The molecule has 0 aliphatic heterocycles. The Balaban J connectivity index is 0.000000981. The number of ether oxygens (including phenoxy) is 2. The summed E-state index contributed by atoms with van der Waals surface area (Å²) in [4.78, 5) is 31.0. The van der Waals surface area contributed by atoms with Crippen LogP contribution in [0.3, 0.4) is 0 Å². The van der Waals surface area contributed by atoms with Crippen molar-refractivity contribution < 1.29 is 23.5 Å². The van der Waals surface area contributed by atoms with Gasteiger partial charge in [0, 0.05) is 18.8 Å². The first kappa shape index (κ1) is 26.7. The fraction of sp³-hybridized carbons (Fsp3) is 0.474. The van der Waals surface area contributed by atoms with Gasteiger partial charge in [-0.25, -0.2) is 14.2 Å². The summed E-state index contributed by atoms with van der Waals surface area (Å²) in [5, 5.41) is 1.27. The molecule has 0 atom stereocenters. The lowest BCUT2D eigenvalue weighted by atomic mass is 10.2. The molecular weight excluding hydrogens is 421 g/mol. The predicted octanol–water partition coefficient (Wildman–Crippen LogP) is 5.06. The first-order valence-electron chi connectivity index (χ1n) is 8.25. The zero-order chi connectivity index (χ0) is 21.3. The molecule has 2 aromatic rings. The topological polar surface area (TPSA) is 81.6 Å². The standard InChI is InChI=1S/C15H18FN3O2S.C3H5ClO2.CH4/c1-9-13(19(5)14(20)21-15(2,3)4)22-12(18-9)10-6-11(16)8-17-7-10;4-1-2-6-3-5;/h6-8H,1-5H3;3H,1-2H2;1H4. The summed E-state index contributed by atoms with van der Waals surface area (Å²) < 4.78 is 22.8. The third kappa shape index (κ3) is 9.19. The second-order valence-electron chi connectivity index (χ2n) is 6.50. The number of rotatable bonds is 5. The fourth-order valence-electron chi connectivity index (χ4n) is 1.86.